The fraction of sp³-hybridized carbons (Fsp3) is 0.278. The van der Waals surface area contributed by atoms with E-state index in [0.717, 1.165) is 25.2 Å². The molecular formula is C18H21ClN2O. The predicted molar refractivity (Wildman–Crippen MR) is 92.6 cm³/mol. The van der Waals surface area contributed by atoms with Crippen LogP contribution >= 0.6 is 12.4 Å². The van der Waals surface area contributed by atoms with Crippen molar-refractivity contribution < 1.29 is 4.79 Å². The van der Waals surface area contributed by atoms with E-state index >= 15 is 0 Å². The SMILES string of the molecule is Cl.O=C(CNc1ccccc1)N1CCC(c2ccccc2)C1. The summed E-state index contributed by atoms with van der Waals surface area (Å²) in [5.41, 5.74) is 2.33. The Kier molecular flexibility index (Phi) is 5.84. The van der Waals surface area contributed by atoms with E-state index in [-0.39, 0.29) is 18.3 Å². The summed E-state index contributed by atoms with van der Waals surface area (Å²) in [6.45, 7) is 2.06. The predicted octanol–water partition coefficient (Wildman–Crippen LogP) is 3.54. The molecule has 1 N–H and O–H groups in total. The van der Waals surface area contributed by atoms with Gasteiger partial charge < -0.3 is 10.2 Å². The smallest absolute Gasteiger partial charge is 0.241 e. The molecule has 22 heavy (non-hydrogen) atoms. The number of carbonyl (C=O) groups is 1. The van der Waals surface area contributed by atoms with Gasteiger partial charge in [0.25, 0.3) is 0 Å². The average molecular weight is 317 g/mol. The summed E-state index contributed by atoms with van der Waals surface area (Å²) >= 11 is 0. The van der Waals surface area contributed by atoms with Crippen molar-refractivity contribution in [2.45, 2.75) is 12.3 Å². The number of para-hydroxylation sites is 1. The zero-order valence-corrected chi connectivity index (χ0v) is 13.3. The second-order valence-corrected chi connectivity index (χ2v) is 5.46. The summed E-state index contributed by atoms with van der Waals surface area (Å²) in [5.74, 6) is 0.657. The lowest BCUT2D eigenvalue weighted by atomic mass is 9.99. The van der Waals surface area contributed by atoms with Crippen LogP contribution in [0.15, 0.2) is 60.7 Å². The monoisotopic (exact) mass is 316 g/mol. The number of hydrogen-bond donors (Lipinski definition) is 1. The Morgan fingerprint density at radius 2 is 1.68 bits per heavy atom. The van der Waals surface area contributed by atoms with E-state index in [1.165, 1.54) is 5.56 Å². The van der Waals surface area contributed by atoms with Crippen LogP contribution < -0.4 is 5.32 Å². The van der Waals surface area contributed by atoms with E-state index in [1.54, 1.807) is 0 Å². The molecule has 3 rings (SSSR count). The van der Waals surface area contributed by atoms with Crippen molar-refractivity contribution in [3.05, 3.63) is 66.2 Å². The molecule has 4 heteroatoms. The summed E-state index contributed by atoms with van der Waals surface area (Å²) in [4.78, 5) is 14.2. The van der Waals surface area contributed by atoms with Gasteiger partial charge >= 0.3 is 0 Å². The molecule has 0 bridgehead atoms. The topological polar surface area (TPSA) is 32.3 Å². The van der Waals surface area contributed by atoms with Gasteiger partial charge in [0.15, 0.2) is 0 Å². The number of rotatable bonds is 4. The maximum atomic E-state index is 12.3. The average Bonchev–Trinajstić information content (AvgIpc) is 3.04. The van der Waals surface area contributed by atoms with Gasteiger partial charge in [0.1, 0.15) is 0 Å². The second kappa shape index (κ2) is 7.85. The van der Waals surface area contributed by atoms with Crippen molar-refractivity contribution >= 4 is 24.0 Å². The molecule has 1 aliphatic rings. The first-order chi connectivity index (χ1) is 10.3. The van der Waals surface area contributed by atoms with Crippen molar-refractivity contribution in [1.29, 1.82) is 0 Å². The summed E-state index contributed by atoms with van der Waals surface area (Å²) in [5, 5.41) is 3.18. The largest absolute Gasteiger partial charge is 0.376 e. The van der Waals surface area contributed by atoms with Crippen molar-refractivity contribution in [2.24, 2.45) is 0 Å². The van der Waals surface area contributed by atoms with Gasteiger partial charge in [-0.25, -0.2) is 0 Å². The summed E-state index contributed by atoms with van der Waals surface area (Å²) in [6, 6.07) is 20.3. The number of halogens is 1. The van der Waals surface area contributed by atoms with E-state index in [0.29, 0.717) is 12.5 Å². The normalized spacial score (nSPS) is 16.9. The minimum atomic E-state index is 0. The molecule has 0 aliphatic carbocycles. The first kappa shape index (κ1) is 16.4. The lowest BCUT2D eigenvalue weighted by molar-refractivity contribution is -0.128. The lowest BCUT2D eigenvalue weighted by Gasteiger charge is -2.17. The zero-order chi connectivity index (χ0) is 14.5. The highest BCUT2D eigenvalue weighted by molar-refractivity contribution is 5.85. The number of nitrogens with one attached hydrogen (secondary N) is 1. The van der Waals surface area contributed by atoms with E-state index in [1.807, 2.05) is 41.3 Å². The highest BCUT2D eigenvalue weighted by Crippen LogP contribution is 2.26. The molecule has 1 atom stereocenters. The molecule has 0 aromatic heterocycles. The number of hydrogen-bond acceptors (Lipinski definition) is 2. The zero-order valence-electron chi connectivity index (χ0n) is 12.4. The molecule has 0 saturated carbocycles. The van der Waals surface area contributed by atoms with Crippen LogP contribution in [-0.4, -0.2) is 30.4 Å². The van der Waals surface area contributed by atoms with Crippen molar-refractivity contribution in [3.8, 4) is 0 Å². The van der Waals surface area contributed by atoms with Crippen LogP contribution in [0, 0.1) is 0 Å². The fourth-order valence-corrected chi connectivity index (χ4v) is 2.83. The number of likely N-dealkylation sites (tertiary alicyclic amines) is 1. The standard InChI is InChI=1S/C18H20N2O.ClH/c21-18(13-19-17-9-5-2-6-10-17)20-12-11-16(14-20)15-7-3-1-4-8-15;/h1-10,16,19H,11-14H2;1H. The molecule has 1 amide bonds. The Morgan fingerprint density at radius 3 is 2.36 bits per heavy atom. The highest BCUT2D eigenvalue weighted by atomic mass is 35.5. The van der Waals surface area contributed by atoms with Crippen LogP contribution in [0.2, 0.25) is 0 Å². The number of nitrogens with zero attached hydrogens (tertiary/aromatic N) is 1. The lowest BCUT2D eigenvalue weighted by Crippen LogP contribution is -2.33. The molecule has 1 unspecified atom stereocenters. The highest BCUT2D eigenvalue weighted by Gasteiger charge is 2.26. The van der Waals surface area contributed by atoms with Gasteiger partial charge in [-0.15, -0.1) is 12.4 Å². The molecule has 3 nitrogen and oxygen atoms in total. The maximum absolute atomic E-state index is 12.3. The maximum Gasteiger partial charge on any atom is 0.241 e. The first-order valence-corrected chi connectivity index (χ1v) is 7.44. The van der Waals surface area contributed by atoms with Gasteiger partial charge in [-0.05, 0) is 24.1 Å². The molecule has 1 aliphatic heterocycles. The molecule has 116 valence electrons. The van der Waals surface area contributed by atoms with Crippen LogP contribution in [0.25, 0.3) is 0 Å². The quantitative estimate of drug-likeness (QED) is 0.935. The van der Waals surface area contributed by atoms with Crippen LogP contribution in [0.3, 0.4) is 0 Å². The third kappa shape index (κ3) is 4.01. The molecule has 1 heterocycles. The Hall–Kier alpha value is -2.00. The van der Waals surface area contributed by atoms with Crippen molar-refractivity contribution in [1.82, 2.24) is 4.90 Å². The number of carbonyl (C=O) groups excluding carboxylic acids is 1. The second-order valence-electron chi connectivity index (χ2n) is 5.46. The first-order valence-electron chi connectivity index (χ1n) is 7.44. The van der Waals surface area contributed by atoms with Gasteiger partial charge in [-0.3, -0.25) is 4.79 Å². The van der Waals surface area contributed by atoms with Crippen LogP contribution in [0.4, 0.5) is 5.69 Å². The molecule has 0 spiro atoms. The molecular weight excluding hydrogens is 296 g/mol. The Balaban J connectivity index is 0.00000176. The van der Waals surface area contributed by atoms with E-state index < -0.39 is 0 Å². The van der Waals surface area contributed by atoms with Gasteiger partial charge in [0.2, 0.25) is 5.91 Å². The van der Waals surface area contributed by atoms with Crippen LogP contribution in [0.1, 0.15) is 17.9 Å². The Labute approximate surface area is 137 Å². The van der Waals surface area contributed by atoms with Crippen LogP contribution in [0.5, 0.6) is 0 Å². The van der Waals surface area contributed by atoms with Gasteiger partial charge in [-0.1, -0.05) is 48.5 Å². The Bertz CT molecular complexity index is 589. The molecule has 1 saturated heterocycles. The van der Waals surface area contributed by atoms with Gasteiger partial charge in [-0.2, -0.15) is 0 Å². The van der Waals surface area contributed by atoms with E-state index in [4.69, 9.17) is 0 Å². The molecule has 2 aromatic carbocycles. The summed E-state index contributed by atoms with van der Waals surface area (Å²) in [7, 11) is 0. The van der Waals surface area contributed by atoms with Gasteiger partial charge in [0, 0.05) is 24.7 Å². The molecule has 1 fully saturated rings. The third-order valence-corrected chi connectivity index (χ3v) is 4.03. The fourth-order valence-electron chi connectivity index (χ4n) is 2.83. The number of anilines is 1. The number of benzene rings is 2. The van der Waals surface area contributed by atoms with E-state index in [2.05, 4.69) is 29.6 Å². The van der Waals surface area contributed by atoms with Crippen LogP contribution in [-0.2, 0) is 4.79 Å². The molecule has 0 radical (unpaired) electrons. The van der Waals surface area contributed by atoms with E-state index in [9.17, 15) is 4.79 Å². The summed E-state index contributed by atoms with van der Waals surface area (Å²) in [6.07, 6.45) is 1.06. The number of amides is 1. The van der Waals surface area contributed by atoms with Crippen molar-refractivity contribution in [2.75, 3.05) is 25.0 Å². The minimum Gasteiger partial charge on any atom is -0.376 e. The summed E-state index contributed by atoms with van der Waals surface area (Å²) < 4.78 is 0. The Morgan fingerprint density at radius 1 is 1.05 bits per heavy atom. The molecule has 2 aromatic rings. The third-order valence-electron chi connectivity index (χ3n) is 4.03. The minimum absolute atomic E-state index is 0. The van der Waals surface area contributed by atoms with Gasteiger partial charge in [0.05, 0.1) is 6.54 Å². The van der Waals surface area contributed by atoms with Crippen molar-refractivity contribution in [3.63, 3.8) is 0 Å².